The van der Waals surface area contributed by atoms with Gasteiger partial charge >= 0.3 is 0 Å². The van der Waals surface area contributed by atoms with Crippen LogP contribution in [-0.2, 0) is 4.74 Å². The predicted molar refractivity (Wildman–Crippen MR) is 73.9 cm³/mol. The van der Waals surface area contributed by atoms with Gasteiger partial charge in [0.05, 0.1) is 6.61 Å². The molecular formula is C13H27ClN2O. The van der Waals surface area contributed by atoms with Gasteiger partial charge < -0.3 is 10.1 Å². The Labute approximate surface area is 112 Å². The quantitative estimate of drug-likeness (QED) is 0.766. The van der Waals surface area contributed by atoms with E-state index in [9.17, 15) is 0 Å². The van der Waals surface area contributed by atoms with Gasteiger partial charge in [0.25, 0.3) is 0 Å². The number of rotatable bonds is 5. The lowest BCUT2D eigenvalue weighted by Gasteiger charge is -2.23. The maximum atomic E-state index is 5.66. The van der Waals surface area contributed by atoms with Crippen molar-refractivity contribution in [2.24, 2.45) is 5.92 Å². The van der Waals surface area contributed by atoms with Gasteiger partial charge in [0.2, 0.25) is 0 Å². The molecule has 0 saturated carbocycles. The molecule has 102 valence electrons. The van der Waals surface area contributed by atoms with E-state index in [-0.39, 0.29) is 12.4 Å². The molecule has 0 aliphatic carbocycles. The topological polar surface area (TPSA) is 24.5 Å². The Morgan fingerprint density at radius 1 is 1.24 bits per heavy atom. The van der Waals surface area contributed by atoms with Crippen LogP contribution in [0.3, 0.4) is 0 Å². The van der Waals surface area contributed by atoms with Crippen molar-refractivity contribution in [2.45, 2.75) is 45.2 Å². The van der Waals surface area contributed by atoms with Crippen LogP contribution in [0.25, 0.3) is 0 Å². The first-order chi connectivity index (χ1) is 7.74. The summed E-state index contributed by atoms with van der Waals surface area (Å²) >= 11 is 0. The summed E-state index contributed by atoms with van der Waals surface area (Å²) in [6.45, 7) is 9.79. The monoisotopic (exact) mass is 262 g/mol. The molecule has 0 aromatic rings. The lowest BCUT2D eigenvalue weighted by molar-refractivity contribution is 0.0841. The van der Waals surface area contributed by atoms with Crippen LogP contribution in [-0.4, -0.2) is 49.8 Å². The van der Waals surface area contributed by atoms with Gasteiger partial charge in [0.15, 0.2) is 0 Å². The van der Waals surface area contributed by atoms with E-state index >= 15 is 0 Å². The summed E-state index contributed by atoms with van der Waals surface area (Å²) in [6.07, 6.45) is 4.08. The van der Waals surface area contributed by atoms with Gasteiger partial charge in [0.1, 0.15) is 0 Å². The zero-order valence-corrected chi connectivity index (χ0v) is 12.0. The molecule has 0 radical (unpaired) electrons. The molecule has 3 nitrogen and oxygen atoms in total. The minimum atomic E-state index is 0. The summed E-state index contributed by atoms with van der Waals surface area (Å²) < 4.78 is 5.66. The van der Waals surface area contributed by atoms with E-state index < -0.39 is 0 Å². The second-order valence-corrected chi connectivity index (χ2v) is 5.70. The number of nitrogens with zero attached hydrogens (tertiary/aromatic N) is 1. The van der Waals surface area contributed by atoms with Crippen molar-refractivity contribution >= 4 is 12.4 Å². The molecule has 2 saturated heterocycles. The fourth-order valence-electron chi connectivity index (χ4n) is 2.73. The van der Waals surface area contributed by atoms with Crippen molar-refractivity contribution < 1.29 is 4.74 Å². The maximum Gasteiger partial charge on any atom is 0.0593 e. The highest BCUT2D eigenvalue weighted by molar-refractivity contribution is 5.85. The zero-order chi connectivity index (χ0) is 11.4. The van der Waals surface area contributed by atoms with Gasteiger partial charge in [0, 0.05) is 31.8 Å². The summed E-state index contributed by atoms with van der Waals surface area (Å²) in [5.41, 5.74) is 0. The number of hydrogen-bond donors (Lipinski definition) is 1. The van der Waals surface area contributed by atoms with E-state index in [4.69, 9.17) is 4.74 Å². The van der Waals surface area contributed by atoms with E-state index in [0.717, 1.165) is 31.8 Å². The fraction of sp³-hybridized carbons (Fsp3) is 1.00. The van der Waals surface area contributed by atoms with E-state index in [1.54, 1.807) is 0 Å². The van der Waals surface area contributed by atoms with E-state index in [2.05, 4.69) is 24.1 Å². The highest BCUT2D eigenvalue weighted by Crippen LogP contribution is 2.19. The number of nitrogens with one attached hydrogen (secondary N) is 1. The van der Waals surface area contributed by atoms with E-state index in [0.29, 0.717) is 5.92 Å². The van der Waals surface area contributed by atoms with Gasteiger partial charge in [-0.2, -0.15) is 0 Å². The van der Waals surface area contributed by atoms with Crippen LogP contribution in [0.4, 0.5) is 0 Å². The first-order valence-corrected chi connectivity index (χ1v) is 6.80. The van der Waals surface area contributed by atoms with Crippen molar-refractivity contribution in [1.82, 2.24) is 10.2 Å². The molecule has 2 bridgehead atoms. The molecule has 1 N–H and O–H groups in total. The Balaban J connectivity index is 0.00000144. The molecule has 2 aliphatic heterocycles. The van der Waals surface area contributed by atoms with E-state index in [1.807, 2.05) is 0 Å². The lowest BCUT2D eigenvalue weighted by atomic mass is 10.1. The summed E-state index contributed by atoms with van der Waals surface area (Å²) in [6, 6.07) is 1.55. The van der Waals surface area contributed by atoms with Crippen molar-refractivity contribution in [3.05, 3.63) is 0 Å². The molecule has 0 aromatic carbocycles. The smallest absolute Gasteiger partial charge is 0.0593 e. The molecule has 17 heavy (non-hydrogen) atoms. The van der Waals surface area contributed by atoms with Crippen LogP contribution >= 0.6 is 12.4 Å². The van der Waals surface area contributed by atoms with Gasteiger partial charge in [-0.15, -0.1) is 12.4 Å². The van der Waals surface area contributed by atoms with Crippen molar-refractivity contribution in [1.29, 1.82) is 0 Å². The predicted octanol–water partition coefficient (Wildman–Crippen LogP) is 1.91. The van der Waals surface area contributed by atoms with Crippen molar-refractivity contribution in [3.8, 4) is 0 Å². The molecule has 2 heterocycles. The van der Waals surface area contributed by atoms with Gasteiger partial charge in [-0.25, -0.2) is 0 Å². The first kappa shape index (κ1) is 15.2. The van der Waals surface area contributed by atoms with Crippen LogP contribution in [0, 0.1) is 5.92 Å². The summed E-state index contributed by atoms with van der Waals surface area (Å²) in [5.74, 6) is 0.654. The van der Waals surface area contributed by atoms with Gasteiger partial charge in [-0.3, -0.25) is 4.90 Å². The SMILES string of the molecule is CC(C)COCCN1CCC2CCC(C1)N2.Cl. The number of ether oxygens (including phenoxy) is 1. The Kier molecular flexibility index (Phi) is 6.78. The van der Waals surface area contributed by atoms with Crippen LogP contribution in [0.2, 0.25) is 0 Å². The summed E-state index contributed by atoms with van der Waals surface area (Å²) in [4.78, 5) is 2.57. The Hall–Kier alpha value is 0.170. The minimum Gasteiger partial charge on any atom is -0.380 e. The Morgan fingerprint density at radius 2 is 2.00 bits per heavy atom. The van der Waals surface area contributed by atoms with Gasteiger partial charge in [-0.1, -0.05) is 13.8 Å². The highest BCUT2D eigenvalue weighted by atomic mass is 35.5. The Bertz CT molecular complexity index is 214. The average molecular weight is 263 g/mol. The largest absolute Gasteiger partial charge is 0.380 e. The molecule has 4 heteroatoms. The normalized spacial score (nSPS) is 29.1. The van der Waals surface area contributed by atoms with E-state index in [1.165, 1.54) is 32.4 Å². The molecule has 2 unspecified atom stereocenters. The molecule has 2 atom stereocenters. The molecule has 2 aliphatic rings. The first-order valence-electron chi connectivity index (χ1n) is 6.80. The minimum absolute atomic E-state index is 0. The standard InChI is InChI=1S/C13H26N2O.ClH/c1-11(2)10-16-8-7-15-6-5-12-3-4-13(9-15)14-12;/h11-14H,3-10H2,1-2H3;1H. The number of halogens is 1. The maximum absolute atomic E-state index is 5.66. The third-order valence-electron chi connectivity index (χ3n) is 3.61. The molecule has 2 rings (SSSR count). The number of fused-ring (bicyclic) bond motifs is 2. The number of likely N-dealkylation sites (tertiary alicyclic amines) is 1. The van der Waals surface area contributed by atoms with Crippen LogP contribution in [0.5, 0.6) is 0 Å². The summed E-state index contributed by atoms with van der Waals surface area (Å²) in [5, 5.41) is 3.71. The third-order valence-corrected chi connectivity index (χ3v) is 3.61. The lowest BCUT2D eigenvalue weighted by Crippen LogP contribution is -2.37. The van der Waals surface area contributed by atoms with Crippen LogP contribution in [0.15, 0.2) is 0 Å². The average Bonchev–Trinajstić information content (AvgIpc) is 2.55. The molecule has 0 spiro atoms. The van der Waals surface area contributed by atoms with Crippen LogP contribution < -0.4 is 5.32 Å². The van der Waals surface area contributed by atoms with Gasteiger partial charge in [-0.05, 0) is 31.7 Å². The molecule has 0 aromatic heterocycles. The Morgan fingerprint density at radius 3 is 2.76 bits per heavy atom. The highest BCUT2D eigenvalue weighted by Gasteiger charge is 2.28. The van der Waals surface area contributed by atoms with Crippen LogP contribution in [0.1, 0.15) is 33.1 Å². The second kappa shape index (κ2) is 7.57. The van der Waals surface area contributed by atoms with Crippen molar-refractivity contribution in [2.75, 3.05) is 32.8 Å². The molecule has 2 fully saturated rings. The second-order valence-electron chi connectivity index (χ2n) is 5.70. The number of hydrogen-bond acceptors (Lipinski definition) is 3. The zero-order valence-electron chi connectivity index (χ0n) is 11.2. The van der Waals surface area contributed by atoms with Crippen molar-refractivity contribution in [3.63, 3.8) is 0 Å². The molecular weight excluding hydrogens is 236 g/mol. The molecule has 0 amide bonds. The third kappa shape index (κ3) is 5.12. The summed E-state index contributed by atoms with van der Waals surface area (Å²) in [7, 11) is 0. The fourth-order valence-corrected chi connectivity index (χ4v) is 2.73.